The Kier molecular flexibility index (Phi) is 8.01. The molecule has 1 fully saturated rings. The van der Waals surface area contributed by atoms with E-state index >= 15 is 0 Å². The third-order valence-corrected chi connectivity index (χ3v) is 6.70. The fourth-order valence-corrected chi connectivity index (χ4v) is 4.62. The number of aryl methyl sites for hydroxylation is 1. The summed E-state index contributed by atoms with van der Waals surface area (Å²) < 4.78 is 22.2. The molecule has 4 heterocycles. The zero-order valence-corrected chi connectivity index (χ0v) is 22.4. The molecule has 1 aromatic carbocycles. The van der Waals surface area contributed by atoms with Gasteiger partial charge in [0, 0.05) is 56.8 Å². The van der Waals surface area contributed by atoms with Gasteiger partial charge in [-0.1, -0.05) is 18.2 Å². The van der Waals surface area contributed by atoms with Crippen LogP contribution in [-0.2, 0) is 16.6 Å². The number of nitrogens with zero attached hydrogens (tertiary/aromatic N) is 5. The molecule has 2 amide bonds. The molecule has 1 aliphatic rings. The number of benzene rings is 1. The average molecular weight is 548 g/mol. The van der Waals surface area contributed by atoms with E-state index in [0.29, 0.717) is 47.9 Å². The summed E-state index contributed by atoms with van der Waals surface area (Å²) in [5, 5.41) is 12.4. The Hall–Kier alpha value is -4.39. The highest BCUT2D eigenvalue weighted by Gasteiger charge is 2.37. The standard InChI is InChI=1S/C28H30FN7O4/c1-18-25(19-10-12-34(2)24(37)16-19)33-36(21-7-5-4-6-8-21)27(18)32-28(38)31-22-17-35(13-14-39-3)40-26(22)20-9-11-30-23(29)15-20/h4-12,15-16,22,26H,13-14,17H2,1-3H3,(H2,31,32,38)/t22-,26+/m1/s1. The minimum atomic E-state index is -0.634. The van der Waals surface area contributed by atoms with Crippen molar-refractivity contribution in [2.75, 3.05) is 32.1 Å². The molecule has 3 aromatic heterocycles. The molecular weight excluding hydrogens is 517 g/mol. The second-order valence-electron chi connectivity index (χ2n) is 9.46. The van der Waals surface area contributed by atoms with Crippen molar-refractivity contribution in [1.82, 2.24) is 29.7 Å². The Morgan fingerprint density at radius 3 is 2.73 bits per heavy atom. The van der Waals surface area contributed by atoms with Crippen LogP contribution in [0.3, 0.4) is 0 Å². The molecule has 0 radical (unpaired) electrons. The van der Waals surface area contributed by atoms with Crippen LogP contribution in [0.1, 0.15) is 17.2 Å². The Morgan fingerprint density at radius 2 is 2.00 bits per heavy atom. The summed E-state index contributed by atoms with van der Waals surface area (Å²) in [6, 6.07) is 14.7. The molecule has 5 rings (SSSR count). The van der Waals surface area contributed by atoms with E-state index in [1.165, 1.54) is 22.9 Å². The Bertz CT molecular complexity index is 1560. The van der Waals surface area contributed by atoms with Gasteiger partial charge in [0.05, 0.1) is 24.0 Å². The van der Waals surface area contributed by atoms with Crippen LogP contribution >= 0.6 is 0 Å². The van der Waals surface area contributed by atoms with E-state index in [1.807, 2.05) is 37.3 Å². The second kappa shape index (κ2) is 11.8. The summed E-state index contributed by atoms with van der Waals surface area (Å²) in [4.78, 5) is 35.4. The molecule has 208 valence electrons. The van der Waals surface area contributed by atoms with Gasteiger partial charge in [-0.2, -0.15) is 14.6 Å². The number of urea groups is 1. The number of pyridine rings is 2. The predicted molar refractivity (Wildman–Crippen MR) is 146 cm³/mol. The molecule has 40 heavy (non-hydrogen) atoms. The fourth-order valence-electron chi connectivity index (χ4n) is 4.62. The molecule has 0 aliphatic carbocycles. The minimum Gasteiger partial charge on any atom is -0.383 e. The van der Waals surface area contributed by atoms with E-state index < -0.39 is 24.1 Å². The van der Waals surface area contributed by atoms with Gasteiger partial charge < -0.3 is 14.6 Å². The fraction of sp³-hybridized carbons (Fsp3) is 0.286. The van der Waals surface area contributed by atoms with Crippen LogP contribution in [0, 0.1) is 12.9 Å². The number of para-hydroxylation sites is 1. The normalized spacial score (nSPS) is 17.2. The van der Waals surface area contributed by atoms with Crippen molar-refractivity contribution >= 4 is 11.8 Å². The van der Waals surface area contributed by atoms with E-state index in [-0.39, 0.29) is 5.56 Å². The molecule has 1 aliphatic heterocycles. The number of methoxy groups -OCH3 is 1. The lowest BCUT2D eigenvalue weighted by molar-refractivity contribution is -0.154. The first-order valence-corrected chi connectivity index (χ1v) is 12.8. The van der Waals surface area contributed by atoms with Gasteiger partial charge >= 0.3 is 6.03 Å². The van der Waals surface area contributed by atoms with Crippen molar-refractivity contribution in [3.05, 3.63) is 94.4 Å². The SMILES string of the molecule is COCCN1C[C@@H](NC(=O)Nc2c(C)c(-c3ccn(C)c(=O)c3)nn2-c2ccccc2)[C@H](c2ccnc(F)c2)O1. The van der Waals surface area contributed by atoms with Crippen LogP contribution in [0.4, 0.5) is 15.0 Å². The maximum atomic E-state index is 13.9. The van der Waals surface area contributed by atoms with Crippen LogP contribution in [0.5, 0.6) is 0 Å². The summed E-state index contributed by atoms with van der Waals surface area (Å²) in [6.45, 7) is 3.10. The van der Waals surface area contributed by atoms with E-state index in [1.54, 1.807) is 42.2 Å². The number of halogens is 1. The second-order valence-corrected chi connectivity index (χ2v) is 9.46. The van der Waals surface area contributed by atoms with E-state index in [2.05, 4.69) is 15.6 Å². The molecule has 2 atom stereocenters. The van der Waals surface area contributed by atoms with Gasteiger partial charge in [0.25, 0.3) is 5.56 Å². The molecule has 2 N–H and O–H groups in total. The van der Waals surface area contributed by atoms with Crippen molar-refractivity contribution in [1.29, 1.82) is 0 Å². The molecule has 0 saturated carbocycles. The lowest BCUT2D eigenvalue weighted by Crippen LogP contribution is -2.42. The Balaban J connectivity index is 1.44. The van der Waals surface area contributed by atoms with Gasteiger partial charge in [0.1, 0.15) is 11.9 Å². The average Bonchev–Trinajstić information content (AvgIpc) is 3.50. The summed E-state index contributed by atoms with van der Waals surface area (Å²) in [5.41, 5.74) is 3.00. The zero-order valence-electron chi connectivity index (χ0n) is 22.4. The third kappa shape index (κ3) is 5.78. The van der Waals surface area contributed by atoms with Crippen LogP contribution in [0.15, 0.2) is 71.8 Å². The van der Waals surface area contributed by atoms with E-state index in [9.17, 15) is 14.0 Å². The van der Waals surface area contributed by atoms with Crippen LogP contribution in [0.25, 0.3) is 16.9 Å². The van der Waals surface area contributed by atoms with Crippen molar-refractivity contribution in [2.45, 2.75) is 19.1 Å². The monoisotopic (exact) mass is 547 g/mol. The number of hydrogen-bond donors (Lipinski definition) is 2. The van der Waals surface area contributed by atoms with Crippen LogP contribution < -0.4 is 16.2 Å². The highest BCUT2D eigenvalue weighted by atomic mass is 19.1. The largest absolute Gasteiger partial charge is 0.383 e. The van der Waals surface area contributed by atoms with Crippen molar-refractivity contribution in [3.63, 3.8) is 0 Å². The molecule has 11 nitrogen and oxygen atoms in total. The quantitative estimate of drug-likeness (QED) is 0.326. The maximum absolute atomic E-state index is 13.9. The number of nitrogens with one attached hydrogen (secondary N) is 2. The number of carbonyl (C=O) groups is 1. The summed E-state index contributed by atoms with van der Waals surface area (Å²) in [7, 11) is 3.27. The summed E-state index contributed by atoms with van der Waals surface area (Å²) in [6.07, 6.45) is 2.41. The molecule has 1 saturated heterocycles. The number of hydrogen-bond acceptors (Lipinski definition) is 7. The van der Waals surface area contributed by atoms with Crippen LogP contribution in [-0.4, -0.2) is 63.3 Å². The number of rotatable bonds is 8. The number of aromatic nitrogens is 4. The van der Waals surface area contributed by atoms with Gasteiger partial charge in [-0.05, 0) is 42.8 Å². The minimum absolute atomic E-state index is 0.170. The number of amides is 2. The van der Waals surface area contributed by atoms with E-state index in [0.717, 1.165) is 5.69 Å². The lowest BCUT2D eigenvalue weighted by Gasteiger charge is -2.19. The topological polar surface area (TPSA) is 116 Å². The zero-order chi connectivity index (χ0) is 28.2. The number of ether oxygens (including phenoxy) is 1. The van der Waals surface area contributed by atoms with Crippen molar-refractivity contribution in [2.24, 2.45) is 7.05 Å². The predicted octanol–water partition coefficient (Wildman–Crippen LogP) is 3.21. The summed E-state index contributed by atoms with van der Waals surface area (Å²) in [5.74, 6) is -0.189. The van der Waals surface area contributed by atoms with Crippen molar-refractivity contribution < 1.29 is 18.8 Å². The first-order valence-electron chi connectivity index (χ1n) is 12.8. The van der Waals surface area contributed by atoms with Gasteiger partial charge in [0.2, 0.25) is 5.95 Å². The molecule has 0 bridgehead atoms. The molecule has 0 spiro atoms. The Morgan fingerprint density at radius 1 is 1.20 bits per heavy atom. The first kappa shape index (κ1) is 27.2. The number of hydroxylamine groups is 2. The molecule has 12 heteroatoms. The van der Waals surface area contributed by atoms with Gasteiger partial charge in [0.15, 0.2) is 0 Å². The lowest BCUT2D eigenvalue weighted by atomic mass is 10.0. The van der Waals surface area contributed by atoms with Gasteiger partial charge in [-0.15, -0.1) is 0 Å². The maximum Gasteiger partial charge on any atom is 0.320 e. The highest BCUT2D eigenvalue weighted by molar-refractivity contribution is 5.91. The highest BCUT2D eigenvalue weighted by Crippen LogP contribution is 2.31. The Labute approximate surface area is 230 Å². The first-order chi connectivity index (χ1) is 19.3. The van der Waals surface area contributed by atoms with Gasteiger partial charge in [-0.25, -0.2) is 14.5 Å². The number of carbonyl (C=O) groups excluding carboxylic acids is 1. The van der Waals surface area contributed by atoms with Gasteiger partial charge in [-0.3, -0.25) is 14.9 Å². The van der Waals surface area contributed by atoms with Crippen molar-refractivity contribution in [3.8, 4) is 16.9 Å². The molecular formula is C28H30FN7O4. The van der Waals surface area contributed by atoms with Crippen LogP contribution in [0.2, 0.25) is 0 Å². The smallest absolute Gasteiger partial charge is 0.320 e. The molecule has 4 aromatic rings. The van der Waals surface area contributed by atoms with E-state index in [4.69, 9.17) is 14.7 Å². The summed E-state index contributed by atoms with van der Waals surface area (Å²) >= 11 is 0. The number of anilines is 1. The molecule has 0 unspecified atom stereocenters. The third-order valence-electron chi connectivity index (χ3n) is 6.70.